The van der Waals surface area contributed by atoms with Gasteiger partial charge in [-0.05, 0) is 26.7 Å². The van der Waals surface area contributed by atoms with Crippen LogP contribution in [-0.2, 0) is 23.1 Å². The molecule has 1 saturated heterocycles. The van der Waals surface area contributed by atoms with E-state index in [9.17, 15) is 4.79 Å². The molecule has 0 spiro atoms. The second kappa shape index (κ2) is 7.94. The fraction of sp³-hybridized carbons (Fsp3) is 0.733. The molecule has 0 unspecified atom stereocenters. The number of nitrogens with zero attached hydrogens (tertiary/aromatic N) is 5. The van der Waals surface area contributed by atoms with Crippen LogP contribution < -0.4 is 5.32 Å². The molecule has 1 aliphatic heterocycles. The molecule has 2 rings (SSSR count). The van der Waals surface area contributed by atoms with E-state index < -0.39 is 0 Å². The van der Waals surface area contributed by atoms with Gasteiger partial charge in [-0.25, -0.2) is 0 Å². The first kappa shape index (κ1) is 17.2. The van der Waals surface area contributed by atoms with Crippen LogP contribution in [-0.4, -0.2) is 58.3 Å². The number of nitrogens with one attached hydrogen (secondary N) is 1. The summed E-state index contributed by atoms with van der Waals surface area (Å²) in [5.41, 5.74) is 0. The molecule has 2 heterocycles. The van der Waals surface area contributed by atoms with Gasteiger partial charge in [0.2, 0.25) is 0 Å². The maximum atomic E-state index is 11.8. The smallest absolute Gasteiger partial charge is 0.309 e. The van der Waals surface area contributed by atoms with Crippen LogP contribution in [0.5, 0.6) is 0 Å². The molecule has 0 saturated carbocycles. The maximum absolute atomic E-state index is 11.8. The van der Waals surface area contributed by atoms with E-state index >= 15 is 0 Å². The van der Waals surface area contributed by atoms with Crippen LogP contribution in [0.15, 0.2) is 4.99 Å². The van der Waals surface area contributed by atoms with Crippen molar-refractivity contribution in [1.29, 1.82) is 0 Å². The summed E-state index contributed by atoms with van der Waals surface area (Å²) in [6, 6.07) is 0. The van der Waals surface area contributed by atoms with Crippen LogP contribution in [0.25, 0.3) is 0 Å². The van der Waals surface area contributed by atoms with E-state index in [0.717, 1.165) is 43.5 Å². The molecule has 128 valence electrons. The molecule has 0 atom stereocenters. The number of guanidine groups is 1. The zero-order valence-electron chi connectivity index (χ0n) is 14.4. The highest BCUT2D eigenvalue weighted by Crippen LogP contribution is 2.18. The summed E-state index contributed by atoms with van der Waals surface area (Å²) in [5.74, 6) is 2.50. The lowest BCUT2D eigenvalue weighted by Gasteiger charge is -2.33. The highest BCUT2D eigenvalue weighted by atomic mass is 16.5. The van der Waals surface area contributed by atoms with Crippen molar-refractivity contribution in [3.8, 4) is 0 Å². The molecule has 0 bridgehead atoms. The largest absolute Gasteiger partial charge is 0.466 e. The van der Waals surface area contributed by atoms with Crippen molar-refractivity contribution in [2.24, 2.45) is 18.0 Å². The van der Waals surface area contributed by atoms with Crippen LogP contribution in [0.1, 0.15) is 31.4 Å². The maximum Gasteiger partial charge on any atom is 0.309 e. The van der Waals surface area contributed by atoms with Crippen molar-refractivity contribution in [2.45, 2.75) is 33.2 Å². The Morgan fingerprint density at radius 1 is 1.39 bits per heavy atom. The molecule has 23 heavy (non-hydrogen) atoms. The van der Waals surface area contributed by atoms with E-state index in [1.54, 1.807) is 7.05 Å². The topological polar surface area (TPSA) is 84.6 Å². The number of hydrogen-bond acceptors (Lipinski definition) is 5. The molecule has 1 aliphatic rings. The van der Waals surface area contributed by atoms with Gasteiger partial charge >= 0.3 is 5.97 Å². The van der Waals surface area contributed by atoms with E-state index in [-0.39, 0.29) is 11.9 Å². The first-order chi connectivity index (χ1) is 11.1. The number of piperidine rings is 1. The zero-order chi connectivity index (χ0) is 16.8. The number of aliphatic imine (C=N–C) groups is 1. The third kappa shape index (κ3) is 4.20. The van der Waals surface area contributed by atoms with Gasteiger partial charge < -0.3 is 19.5 Å². The Hall–Kier alpha value is -2.12. The van der Waals surface area contributed by atoms with E-state index in [1.807, 2.05) is 25.5 Å². The van der Waals surface area contributed by atoms with E-state index in [4.69, 9.17) is 4.74 Å². The average molecular weight is 322 g/mol. The third-order valence-corrected chi connectivity index (χ3v) is 4.21. The lowest BCUT2D eigenvalue weighted by Crippen LogP contribution is -2.46. The molecule has 1 N–H and O–H groups in total. The molecule has 1 aromatic heterocycles. The second-order valence-corrected chi connectivity index (χ2v) is 5.64. The van der Waals surface area contributed by atoms with Gasteiger partial charge in [0, 0.05) is 27.2 Å². The van der Waals surface area contributed by atoms with Crippen LogP contribution in [0.2, 0.25) is 0 Å². The molecule has 0 amide bonds. The summed E-state index contributed by atoms with van der Waals surface area (Å²) < 4.78 is 7.05. The molecule has 0 radical (unpaired) electrons. The summed E-state index contributed by atoms with van der Waals surface area (Å²) in [4.78, 5) is 18.3. The molecular formula is C15H26N6O2. The fourth-order valence-electron chi connectivity index (χ4n) is 2.68. The predicted octanol–water partition coefficient (Wildman–Crippen LogP) is 0.474. The Bertz CT molecular complexity index is 560. The first-order valence-corrected chi connectivity index (χ1v) is 8.03. The minimum absolute atomic E-state index is 0.00527. The van der Waals surface area contributed by atoms with E-state index in [1.165, 1.54) is 0 Å². The molecule has 0 aromatic carbocycles. The quantitative estimate of drug-likeness (QED) is 0.493. The normalized spacial score (nSPS) is 16.5. The number of likely N-dealkylation sites (tertiary alicyclic amines) is 1. The number of aromatic nitrogens is 3. The molecule has 1 fully saturated rings. The average Bonchev–Trinajstić information content (AvgIpc) is 2.88. The van der Waals surface area contributed by atoms with Gasteiger partial charge in [0.1, 0.15) is 5.82 Å². The number of aryl methyl sites for hydroxylation is 1. The third-order valence-electron chi connectivity index (χ3n) is 4.21. The van der Waals surface area contributed by atoms with Crippen molar-refractivity contribution in [1.82, 2.24) is 25.0 Å². The minimum Gasteiger partial charge on any atom is -0.466 e. The summed E-state index contributed by atoms with van der Waals surface area (Å²) >= 11 is 0. The lowest BCUT2D eigenvalue weighted by molar-refractivity contribution is -0.149. The fourth-order valence-corrected chi connectivity index (χ4v) is 2.68. The van der Waals surface area contributed by atoms with Crippen LogP contribution >= 0.6 is 0 Å². The van der Waals surface area contributed by atoms with Gasteiger partial charge in [0.05, 0.1) is 19.1 Å². The van der Waals surface area contributed by atoms with Crippen LogP contribution in [0.3, 0.4) is 0 Å². The summed E-state index contributed by atoms with van der Waals surface area (Å²) in [6.45, 7) is 6.36. The Labute approximate surface area is 136 Å². The van der Waals surface area contributed by atoms with Crippen molar-refractivity contribution in [3.05, 3.63) is 11.6 Å². The van der Waals surface area contributed by atoms with E-state index in [0.29, 0.717) is 13.2 Å². The Morgan fingerprint density at radius 3 is 2.61 bits per heavy atom. The highest BCUT2D eigenvalue weighted by molar-refractivity contribution is 5.80. The number of carbonyl (C=O) groups excluding carboxylic acids is 1. The van der Waals surface area contributed by atoms with E-state index in [2.05, 4.69) is 25.4 Å². The summed E-state index contributed by atoms with van der Waals surface area (Å²) in [7, 11) is 3.71. The number of rotatable bonds is 4. The molecule has 0 aliphatic carbocycles. The Kier molecular flexibility index (Phi) is 5.95. The number of esters is 1. The van der Waals surface area contributed by atoms with Gasteiger partial charge in [-0.15, -0.1) is 10.2 Å². The number of hydrogen-bond donors (Lipinski definition) is 1. The lowest BCUT2D eigenvalue weighted by atomic mass is 9.97. The predicted molar refractivity (Wildman–Crippen MR) is 86.9 cm³/mol. The van der Waals surface area contributed by atoms with Gasteiger partial charge in [-0.2, -0.15) is 0 Å². The van der Waals surface area contributed by atoms with Crippen LogP contribution in [0.4, 0.5) is 0 Å². The van der Waals surface area contributed by atoms with Crippen molar-refractivity contribution in [3.63, 3.8) is 0 Å². The molecular weight excluding hydrogens is 296 g/mol. The minimum atomic E-state index is -0.0790. The monoisotopic (exact) mass is 322 g/mol. The summed E-state index contributed by atoms with van der Waals surface area (Å²) in [5, 5.41) is 11.5. The van der Waals surface area contributed by atoms with Crippen LogP contribution in [0, 0.1) is 12.8 Å². The van der Waals surface area contributed by atoms with Crippen molar-refractivity contribution >= 4 is 11.9 Å². The number of ether oxygens (including phenoxy) is 1. The second-order valence-electron chi connectivity index (χ2n) is 5.64. The Morgan fingerprint density at radius 2 is 2.09 bits per heavy atom. The van der Waals surface area contributed by atoms with Gasteiger partial charge in [-0.1, -0.05) is 0 Å². The zero-order valence-corrected chi connectivity index (χ0v) is 14.4. The van der Waals surface area contributed by atoms with Gasteiger partial charge in [0.15, 0.2) is 11.8 Å². The van der Waals surface area contributed by atoms with Crippen molar-refractivity contribution in [2.75, 3.05) is 26.7 Å². The standard InChI is InChI=1S/C15H26N6O2/c1-5-23-14(22)12-6-8-21(9-7-12)15(16-3)17-10-13-19-18-11(2)20(13)4/h12H,5-10H2,1-4H3,(H,16,17). The Balaban J connectivity index is 1.86. The number of carbonyl (C=O) groups is 1. The molecule has 1 aromatic rings. The molecule has 8 nitrogen and oxygen atoms in total. The first-order valence-electron chi connectivity index (χ1n) is 8.03. The summed E-state index contributed by atoms with van der Waals surface area (Å²) in [6.07, 6.45) is 1.59. The van der Waals surface area contributed by atoms with Gasteiger partial charge in [-0.3, -0.25) is 9.79 Å². The SMILES string of the molecule is CCOC(=O)C1CCN(C(=NC)NCc2nnc(C)n2C)CC1. The van der Waals surface area contributed by atoms with Gasteiger partial charge in [0.25, 0.3) is 0 Å². The highest BCUT2D eigenvalue weighted by Gasteiger charge is 2.27. The molecule has 8 heteroatoms. The van der Waals surface area contributed by atoms with Crippen molar-refractivity contribution < 1.29 is 9.53 Å².